The first-order valence-corrected chi connectivity index (χ1v) is 11.7. The third-order valence-corrected chi connectivity index (χ3v) is 6.77. The van der Waals surface area contributed by atoms with Gasteiger partial charge in [-0.2, -0.15) is 0 Å². The van der Waals surface area contributed by atoms with Crippen molar-refractivity contribution in [3.05, 3.63) is 77.3 Å². The van der Waals surface area contributed by atoms with E-state index in [4.69, 9.17) is 16.3 Å². The molecule has 0 atom stereocenters. The molecule has 2 aromatic carbocycles. The molecule has 0 bridgehead atoms. The first-order chi connectivity index (χ1) is 14.3. The van der Waals surface area contributed by atoms with E-state index < -0.39 is 15.4 Å². The molecule has 0 aliphatic carbocycles. The lowest BCUT2D eigenvalue weighted by Gasteiger charge is -2.36. The Morgan fingerprint density at radius 1 is 1.10 bits per heavy atom. The van der Waals surface area contributed by atoms with Crippen LogP contribution in [0.15, 0.2) is 61.2 Å². The van der Waals surface area contributed by atoms with E-state index in [1.165, 1.54) is 6.08 Å². The van der Waals surface area contributed by atoms with Gasteiger partial charge in [0.1, 0.15) is 0 Å². The highest BCUT2D eigenvalue weighted by molar-refractivity contribution is 7.88. The molecule has 0 spiro atoms. The molecule has 3 rings (SSSR count). The summed E-state index contributed by atoms with van der Waals surface area (Å²) >= 11 is 6.02. The van der Waals surface area contributed by atoms with Crippen molar-refractivity contribution in [1.82, 2.24) is 4.72 Å². The van der Waals surface area contributed by atoms with Gasteiger partial charge in [-0.25, -0.2) is 13.1 Å². The summed E-state index contributed by atoms with van der Waals surface area (Å²) < 4.78 is 31.9. The maximum atomic E-state index is 13.3. The summed E-state index contributed by atoms with van der Waals surface area (Å²) in [7, 11) is -3.43. The van der Waals surface area contributed by atoms with E-state index in [2.05, 4.69) is 16.6 Å². The smallest absolute Gasteiger partial charge is 0.235 e. The highest BCUT2D eigenvalue weighted by atomic mass is 35.5. The summed E-state index contributed by atoms with van der Waals surface area (Å²) in [6.45, 7) is 4.70. The molecule has 2 aromatic rings. The Labute approximate surface area is 182 Å². The zero-order valence-corrected chi connectivity index (χ0v) is 18.1. The van der Waals surface area contributed by atoms with Crippen LogP contribution in [0.5, 0.6) is 0 Å². The Bertz CT molecular complexity index is 983. The molecule has 1 fully saturated rings. The maximum Gasteiger partial charge on any atom is 0.235 e. The molecule has 1 amide bonds. The molecule has 1 saturated heterocycles. The van der Waals surface area contributed by atoms with Crippen LogP contribution in [0.2, 0.25) is 5.02 Å². The molecule has 2 N–H and O–H groups in total. The minimum atomic E-state index is -3.43. The molecule has 0 aromatic heterocycles. The van der Waals surface area contributed by atoms with Crippen LogP contribution in [0, 0.1) is 0 Å². The van der Waals surface area contributed by atoms with E-state index in [0.29, 0.717) is 42.3 Å². The zero-order chi connectivity index (χ0) is 21.6. The number of carbonyl (C=O) groups excluding carboxylic acids is 1. The molecular formula is C22H25ClN2O4S. The van der Waals surface area contributed by atoms with Crippen LogP contribution in [0.4, 0.5) is 5.69 Å². The minimum Gasteiger partial charge on any atom is -0.381 e. The highest BCUT2D eigenvalue weighted by Gasteiger charge is 2.41. The number of rotatable bonds is 8. The van der Waals surface area contributed by atoms with E-state index in [1.807, 2.05) is 12.1 Å². The molecule has 8 heteroatoms. The van der Waals surface area contributed by atoms with Gasteiger partial charge in [0.2, 0.25) is 15.9 Å². The van der Waals surface area contributed by atoms with Crippen molar-refractivity contribution >= 4 is 33.2 Å². The van der Waals surface area contributed by atoms with Crippen molar-refractivity contribution in [1.29, 1.82) is 0 Å². The van der Waals surface area contributed by atoms with Gasteiger partial charge in [0.15, 0.2) is 0 Å². The number of hydrogen-bond donors (Lipinski definition) is 2. The lowest BCUT2D eigenvalue weighted by atomic mass is 9.73. The van der Waals surface area contributed by atoms with Crippen LogP contribution in [0.3, 0.4) is 0 Å². The minimum absolute atomic E-state index is 0.110. The average Bonchev–Trinajstić information content (AvgIpc) is 2.74. The number of benzene rings is 2. The molecule has 0 saturated carbocycles. The van der Waals surface area contributed by atoms with Gasteiger partial charge in [0.05, 0.1) is 11.2 Å². The van der Waals surface area contributed by atoms with Crippen molar-refractivity contribution in [3.63, 3.8) is 0 Å². The molecule has 1 heterocycles. The number of anilines is 1. The predicted molar refractivity (Wildman–Crippen MR) is 119 cm³/mol. The van der Waals surface area contributed by atoms with E-state index in [1.54, 1.807) is 36.4 Å². The molecule has 0 unspecified atom stereocenters. The largest absolute Gasteiger partial charge is 0.381 e. The van der Waals surface area contributed by atoms with Crippen molar-refractivity contribution in [2.45, 2.75) is 24.0 Å². The molecule has 0 radical (unpaired) electrons. The van der Waals surface area contributed by atoms with Gasteiger partial charge in [-0.1, -0.05) is 41.9 Å². The standard InChI is InChI=1S/C22H25ClN2O4S/c1-2-13-24-30(27,28)16-17-3-9-20(10-4-17)25-21(26)22(11-14-29-15-12-22)18-5-7-19(23)8-6-18/h2-10,24H,1,11-16H2,(H,25,26). The van der Waals surface area contributed by atoms with Crippen LogP contribution in [-0.2, 0) is 30.7 Å². The van der Waals surface area contributed by atoms with Gasteiger partial charge in [-0.05, 0) is 48.2 Å². The molecule has 1 aliphatic rings. The summed E-state index contributed by atoms with van der Waals surface area (Å²) in [6.07, 6.45) is 2.64. The highest BCUT2D eigenvalue weighted by Crippen LogP contribution is 2.36. The number of sulfonamides is 1. The Morgan fingerprint density at radius 3 is 2.33 bits per heavy atom. The molecular weight excluding hydrogens is 424 g/mol. The van der Waals surface area contributed by atoms with Gasteiger partial charge >= 0.3 is 0 Å². The van der Waals surface area contributed by atoms with Gasteiger partial charge < -0.3 is 10.1 Å². The van der Waals surface area contributed by atoms with E-state index >= 15 is 0 Å². The summed E-state index contributed by atoms with van der Waals surface area (Å²) in [5, 5.41) is 3.60. The number of carbonyl (C=O) groups is 1. The number of hydrogen-bond acceptors (Lipinski definition) is 4. The van der Waals surface area contributed by atoms with Crippen molar-refractivity contribution in [2.24, 2.45) is 0 Å². The first kappa shape index (κ1) is 22.5. The third kappa shape index (κ3) is 5.49. The van der Waals surface area contributed by atoms with Crippen LogP contribution in [0.1, 0.15) is 24.0 Å². The zero-order valence-electron chi connectivity index (χ0n) is 16.6. The van der Waals surface area contributed by atoms with Gasteiger partial charge in [-0.15, -0.1) is 6.58 Å². The number of amides is 1. The second-order valence-electron chi connectivity index (χ2n) is 7.25. The van der Waals surface area contributed by atoms with Gasteiger partial charge in [0, 0.05) is 30.5 Å². The molecule has 1 aliphatic heterocycles. The van der Waals surface area contributed by atoms with E-state index in [0.717, 1.165) is 5.56 Å². The normalized spacial score (nSPS) is 16.0. The van der Waals surface area contributed by atoms with Gasteiger partial charge in [-0.3, -0.25) is 4.79 Å². The number of nitrogens with one attached hydrogen (secondary N) is 2. The molecule has 6 nitrogen and oxygen atoms in total. The first-order valence-electron chi connectivity index (χ1n) is 9.67. The van der Waals surface area contributed by atoms with Crippen molar-refractivity contribution in [2.75, 3.05) is 25.1 Å². The molecule has 160 valence electrons. The SMILES string of the molecule is C=CCNS(=O)(=O)Cc1ccc(NC(=O)C2(c3ccc(Cl)cc3)CCOCC2)cc1. The lowest BCUT2D eigenvalue weighted by Crippen LogP contribution is -2.44. The Kier molecular flexibility index (Phi) is 7.31. The number of ether oxygens (including phenoxy) is 1. The molecule has 30 heavy (non-hydrogen) atoms. The second kappa shape index (κ2) is 9.75. The van der Waals surface area contributed by atoms with Crippen LogP contribution in [-0.4, -0.2) is 34.1 Å². The van der Waals surface area contributed by atoms with Crippen LogP contribution >= 0.6 is 11.6 Å². The maximum absolute atomic E-state index is 13.3. The fourth-order valence-electron chi connectivity index (χ4n) is 3.53. The summed E-state index contributed by atoms with van der Waals surface area (Å²) in [4.78, 5) is 13.3. The fourth-order valence-corrected chi connectivity index (χ4v) is 4.76. The number of halogens is 1. The summed E-state index contributed by atoms with van der Waals surface area (Å²) in [5.74, 6) is -0.248. The Hall–Kier alpha value is -2.19. The topological polar surface area (TPSA) is 84.5 Å². The van der Waals surface area contributed by atoms with E-state index in [9.17, 15) is 13.2 Å². The predicted octanol–water partition coefficient (Wildman–Crippen LogP) is 3.63. The van der Waals surface area contributed by atoms with Gasteiger partial charge in [0.25, 0.3) is 0 Å². The van der Waals surface area contributed by atoms with Crippen molar-refractivity contribution in [3.8, 4) is 0 Å². The third-order valence-electron chi connectivity index (χ3n) is 5.19. The van der Waals surface area contributed by atoms with Crippen LogP contribution in [0.25, 0.3) is 0 Å². The summed E-state index contributed by atoms with van der Waals surface area (Å²) in [6, 6.07) is 14.2. The van der Waals surface area contributed by atoms with Crippen LogP contribution < -0.4 is 10.0 Å². The lowest BCUT2D eigenvalue weighted by molar-refractivity contribution is -0.125. The fraction of sp³-hybridized carbons (Fsp3) is 0.318. The van der Waals surface area contributed by atoms with Crippen molar-refractivity contribution < 1.29 is 17.9 Å². The average molecular weight is 449 g/mol. The quantitative estimate of drug-likeness (QED) is 0.604. The Balaban J connectivity index is 1.74. The van der Waals surface area contributed by atoms with E-state index in [-0.39, 0.29) is 18.2 Å². The Morgan fingerprint density at radius 2 is 1.73 bits per heavy atom. The summed E-state index contributed by atoms with van der Waals surface area (Å²) in [5.41, 5.74) is 1.45. The monoisotopic (exact) mass is 448 g/mol. The second-order valence-corrected chi connectivity index (χ2v) is 9.49.